The summed E-state index contributed by atoms with van der Waals surface area (Å²) in [5, 5.41) is 0. The number of halogens is 1. The number of anilines is 1. The summed E-state index contributed by atoms with van der Waals surface area (Å²) in [5.74, 6) is 1.86. The molecule has 1 aromatic carbocycles. The van der Waals surface area contributed by atoms with Crippen molar-refractivity contribution in [3.8, 4) is 11.5 Å². The third kappa shape index (κ3) is 3.33. The first-order valence-electron chi connectivity index (χ1n) is 8.27. The molecule has 134 valence electrons. The predicted molar refractivity (Wildman–Crippen MR) is 97.7 cm³/mol. The van der Waals surface area contributed by atoms with Crippen molar-refractivity contribution in [3.05, 3.63) is 17.7 Å². The molecule has 3 rings (SSSR count). The number of hydrogen-bond acceptors (Lipinski definition) is 4. The molecule has 0 bridgehead atoms. The summed E-state index contributed by atoms with van der Waals surface area (Å²) in [6, 6.07) is 4.30. The van der Waals surface area contributed by atoms with E-state index in [0.717, 1.165) is 42.8 Å². The average Bonchev–Trinajstić information content (AvgIpc) is 2.50. The normalized spacial score (nSPS) is 20.0. The Bertz CT molecular complexity index is 602. The molecule has 1 saturated carbocycles. The number of benzene rings is 1. The van der Waals surface area contributed by atoms with E-state index in [0.29, 0.717) is 11.8 Å². The minimum Gasteiger partial charge on any atom is -0.493 e. The Kier molecular flexibility index (Phi) is 5.99. The number of fused-ring (bicyclic) bond motifs is 1. The van der Waals surface area contributed by atoms with Crippen molar-refractivity contribution < 1.29 is 14.3 Å². The molecule has 0 aromatic heterocycles. The van der Waals surface area contributed by atoms with Crippen LogP contribution in [0.5, 0.6) is 11.5 Å². The highest BCUT2D eigenvalue weighted by Crippen LogP contribution is 2.40. The van der Waals surface area contributed by atoms with Crippen molar-refractivity contribution in [2.45, 2.75) is 31.7 Å². The highest BCUT2D eigenvalue weighted by molar-refractivity contribution is 5.97. The van der Waals surface area contributed by atoms with Crippen molar-refractivity contribution in [2.75, 3.05) is 39.8 Å². The van der Waals surface area contributed by atoms with Crippen LogP contribution in [0.25, 0.3) is 0 Å². The quantitative estimate of drug-likeness (QED) is 0.833. The summed E-state index contributed by atoms with van der Waals surface area (Å²) in [4.78, 5) is 17.1. The van der Waals surface area contributed by atoms with Gasteiger partial charge in [0.15, 0.2) is 11.5 Å². The van der Waals surface area contributed by atoms with Gasteiger partial charge in [0.2, 0.25) is 5.91 Å². The fraction of sp³-hybridized carbons (Fsp3) is 0.611. The van der Waals surface area contributed by atoms with Gasteiger partial charge < -0.3 is 19.3 Å². The number of carbonyl (C=O) groups excluding carboxylic acids is 1. The summed E-state index contributed by atoms with van der Waals surface area (Å²) in [6.45, 7) is 0.741. The topological polar surface area (TPSA) is 42.0 Å². The van der Waals surface area contributed by atoms with E-state index in [1.54, 1.807) is 14.2 Å². The van der Waals surface area contributed by atoms with E-state index in [4.69, 9.17) is 9.47 Å². The second kappa shape index (κ2) is 7.62. The van der Waals surface area contributed by atoms with Gasteiger partial charge in [-0.2, -0.15) is 0 Å². The molecule has 2 aliphatic rings. The van der Waals surface area contributed by atoms with Crippen molar-refractivity contribution in [1.29, 1.82) is 0 Å². The number of likely N-dealkylation sites (N-methyl/N-ethyl adjacent to an activating group) is 1. The number of rotatable bonds is 4. The fourth-order valence-corrected chi connectivity index (χ4v) is 3.38. The first-order chi connectivity index (χ1) is 11.0. The summed E-state index contributed by atoms with van der Waals surface area (Å²) in [7, 11) is 7.42. The van der Waals surface area contributed by atoms with Crippen LogP contribution in [0.3, 0.4) is 0 Å². The number of carbonyl (C=O) groups is 1. The third-order valence-electron chi connectivity index (χ3n) is 5.18. The molecule has 1 aliphatic heterocycles. The molecule has 0 radical (unpaired) electrons. The fourth-order valence-electron chi connectivity index (χ4n) is 3.38. The summed E-state index contributed by atoms with van der Waals surface area (Å²) < 4.78 is 10.9. The molecule has 0 saturated heterocycles. The van der Waals surface area contributed by atoms with Gasteiger partial charge in [0, 0.05) is 24.6 Å². The lowest BCUT2D eigenvalue weighted by Crippen LogP contribution is -2.50. The molecule has 0 N–H and O–H groups in total. The van der Waals surface area contributed by atoms with E-state index >= 15 is 0 Å². The molecule has 0 spiro atoms. The van der Waals surface area contributed by atoms with E-state index < -0.39 is 0 Å². The summed E-state index contributed by atoms with van der Waals surface area (Å²) in [6.07, 6.45) is 4.12. The number of methoxy groups -OCH3 is 2. The van der Waals surface area contributed by atoms with E-state index in [1.165, 1.54) is 6.42 Å². The number of ether oxygens (including phenoxy) is 2. The lowest BCUT2D eigenvalue weighted by Gasteiger charge is -2.40. The van der Waals surface area contributed by atoms with Crippen LogP contribution in [0.4, 0.5) is 5.69 Å². The van der Waals surface area contributed by atoms with Gasteiger partial charge in [0.1, 0.15) is 0 Å². The highest BCUT2D eigenvalue weighted by atomic mass is 35.5. The van der Waals surface area contributed by atoms with Crippen LogP contribution >= 0.6 is 12.4 Å². The van der Waals surface area contributed by atoms with Crippen molar-refractivity contribution in [3.63, 3.8) is 0 Å². The Morgan fingerprint density at radius 1 is 1.17 bits per heavy atom. The molecule has 1 heterocycles. The zero-order chi connectivity index (χ0) is 16.6. The maximum atomic E-state index is 12.9. The van der Waals surface area contributed by atoms with Crippen LogP contribution in [0.1, 0.15) is 24.8 Å². The van der Waals surface area contributed by atoms with Gasteiger partial charge in [-0.05, 0) is 45.0 Å². The molecule has 1 aromatic rings. The molecular weight excluding hydrogens is 328 g/mol. The Hall–Kier alpha value is -1.46. The second-order valence-electron chi connectivity index (χ2n) is 6.73. The molecule has 1 fully saturated rings. The third-order valence-corrected chi connectivity index (χ3v) is 5.18. The zero-order valence-electron chi connectivity index (χ0n) is 14.9. The number of amides is 1. The van der Waals surface area contributed by atoms with Gasteiger partial charge in [-0.15, -0.1) is 12.4 Å². The van der Waals surface area contributed by atoms with Crippen LogP contribution in [-0.2, 0) is 11.2 Å². The minimum absolute atomic E-state index is 0. The summed E-state index contributed by atoms with van der Waals surface area (Å²) in [5.41, 5.74) is 2.14. The van der Waals surface area contributed by atoms with E-state index in [-0.39, 0.29) is 24.2 Å². The monoisotopic (exact) mass is 354 g/mol. The largest absolute Gasteiger partial charge is 0.493 e. The maximum absolute atomic E-state index is 12.9. The van der Waals surface area contributed by atoms with E-state index in [2.05, 4.69) is 19.0 Å². The molecular formula is C18H27ClN2O3. The highest BCUT2D eigenvalue weighted by Gasteiger charge is 2.36. The van der Waals surface area contributed by atoms with Gasteiger partial charge in [-0.25, -0.2) is 0 Å². The Labute approximate surface area is 150 Å². The zero-order valence-corrected chi connectivity index (χ0v) is 15.7. The van der Waals surface area contributed by atoms with Gasteiger partial charge in [0.25, 0.3) is 0 Å². The van der Waals surface area contributed by atoms with Crippen molar-refractivity contribution in [2.24, 2.45) is 5.92 Å². The second-order valence-corrected chi connectivity index (χ2v) is 6.73. The average molecular weight is 355 g/mol. The van der Waals surface area contributed by atoms with Gasteiger partial charge in [-0.3, -0.25) is 4.79 Å². The van der Waals surface area contributed by atoms with E-state index in [1.807, 2.05) is 17.0 Å². The number of hydrogen-bond donors (Lipinski definition) is 0. The predicted octanol–water partition coefficient (Wildman–Crippen LogP) is 2.75. The first-order valence-corrected chi connectivity index (χ1v) is 8.27. The standard InChI is InChI=1S/C18H26N2O3.ClH/c1-19(2)14-8-13-9-16(22-3)17(23-4)10-15(13)20(11-14)18(21)12-6-5-7-12;/h9-10,12,14H,5-8,11H2,1-4H3;1H. The maximum Gasteiger partial charge on any atom is 0.230 e. The number of nitrogens with zero attached hydrogens (tertiary/aromatic N) is 2. The van der Waals surface area contributed by atoms with Crippen LogP contribution in [0, 0.1) is 5.92 Å². The Balaban J connectivity index is 0.00000208. The summed E-state index contributed by atoms with van der Waals surface area (Å²) >= 11 is 0. The Morgan fingerprint density at radius 2 is 1.79 bits per heavy atom. The van der Waals surface area contributed by atoms with Gasteiger partial charge in [-0.1, -0.05) is 6.42 Å². The van der Waals surface area contributed by atoms with Crippen molar-refractivity contribution in [1.82, 2.24) is 4.90 Å². The molecule has 1 atom stereocenters. The molecule has 24 heavy (non-hydrogen) atoms. The molecule has 1 unspecified atom stereocenters. The minimum atomic E-state index is 0. The lowest BCUT2D eigenvalue weighted by molar-refractivity contribution is -0.125. The SMILES string of the molecule is COc1cc2c(cc1OC)N(C(=O)C1CCC1)CC(N(C)C)C2.Cl. The van der Waals surface area contributed by atoms with E-state index in [9.17, 15) is 4.79 Å². The van der Waals surface area contributed by atoms with Crippen LogP contribution in [0.2, 0.25) is 0 Å². The Morgan fingerprint density at radius 3 is 2.29 bits per heavy atom. The van der Waals surface area contributed by atoms with Gasteiger partial charge in [0.05, 0.1) is 19.9 Å². The first kappa shape index (κ1) is 18.9. The van der Waals surface area contributed by atoms with Crippen LogP contribution in [-0.4, -0.2) is 51.7 Å². The molecule has 6 heteroatoms. The smallest absolute Gasteiger partial charge is 0.230 e. The molecule has 1 amide bonds. The van der Waals surface area contributed by atoms with Gasteiger partial charge >= 0.3 is 0 Å². The molecule has 1 aliphatic carbocycles. The lowest BCUT2D eigenvalue weighted by atomic mass is 9.83. The molecule has 5 nitrogen and oxygen atoms in total. The van der Waals surface area contributed by atoms with Crippen LogP contribution < -0.4 is 14.4 Å². The van der Waals surface area contributed by atoms with Crippen molar-refractivity contribution >= 4 is 24.0 Å². The van der Waals surface area contributed by atoms with Crippen LogP contribution in [0.15, 0.2) is 12.1 Å².